The number of nitrogens with one attached hydrogen (secondary N) is 2. The van der Waals surface area contributed by atoms with Gasteiger partial charge in [0, 0.05) is 0 Å². The molecule has 0 spiro atoms. The van der Waals surface area contributed by atoms with Gasteiger partial charge in [0.2, 0.25) is 5.91 Å². The second-order valence-corrected chi connectivity index (χ2v) is 13.5. The maximum Gasteiger partial charge on any atom is 0.416 e. The molecule has 0 aliphatic carbocycles. The van der Waals surface area contributed by atoms with Gasteiger partial charge >= 0.3 is 6.18 Å². The zero-order valence-electron chi connectivity index (χ0n) is 25.2. The highest BCUT2D eigenvalue weighted by atomic mass is 32.2. The summed E-state index contributed by atoms with van der Waals surface area (Å²) in [7, 11) is -0.490. The van der Waals surface area contributed by atoms with Gasteiger partial charge in [0.15, 0.2) is 5.17 Å². The first-order valence-electron chi connectivity index (χ1n) is 14.2. The molecular formula is C34H29F3N4O4S2. The fourth-order valence-electron chi connectivity index (χ4n) is 4.74. The monoisotopic (exact) mass is 678 g/mol. The molecule has 1 heterocycles. The van der Waals surface area contributed by atoms with Crippen LogP contribution in [0.2, 0.25) is 0 Å². The highest BCUT2D eigenvalue weighted by Gasteiger charge is 2.31. The summed E-state index contributed by atoms with van der Waals surface area (Å²) in [6.45, 7) is 0. The van der Waals surface area contributed by atoms with Gasteiger partial charge in [-0.15, -0.1) is 0 Å². The maximum atomic E-state index is 12.8. The van der Waals surface area contributed by atoms with Crippen molar-refractivity contribution in [3.63, 3.8) is 0 Å². The molecule has 242 valence electrons. The smallest absolute Gasteiger partial charge is 0.300 e. The minimum Gasteiger partial charge on any atom is -0.300 e. The van der Waals surface area contributed by atoms with E-state index in [1.54, 1.807) is 24.3 Å². The number of benzene rings is 4. The Hall–Kier alpha value is -4.72. The molecule has 1 fully saturated rings. The van der Waals surface area contributed by atoms with E-state index in [4.69, 9.17) is 0 Å². The van der Waals surface area contributed by atoms with E-state index in [9.17, 15) is 31.2 Å². The van der Waals surface area contributed by atoms with Crippen molar-refractivity contribution in [2.24, 2.45) is 4.99 Å². The maximum absolute atomic E-state index is 12.8. The summed E-state index contributed by atoms with van der Waals surface area (Å²) >= 11 is 1.21. The summed E-state index contributed by atoms with van der Waals surface area (Å²) in [5.74, 6) is -1.13. The quantitative estimate of drug-likeness (QED) is 0.197. The molecule has 8 nitrogen and oxygen atoms in total. The Morgan fingerprint density at radius 3 is 2.13 bits per heavy atom. The van der Waals surface area contributed by atoms with E-state index in [0.29, 0.717) is 33.5 Å². The Morgan fingerprint density at radius 2 is 1.53 bits per heavy atom. The molecule has 1 aliphatic heterocycles. The van der Waals surface area contributed by atoms with Crippen LogP contribution >= 0.6 is 11.8 Å². The summed E-state index contributed by atoms with van der Waals surface area (Å²) in [5.41, 5.74) is 3.20. The van der Waals surface area contributed by atoms with Crippen LogP contribution in [0.3, 0.4) is 0 Å². The summed E-state index contributed by atoms with van der Waals surface area (Å²) < 4.78 is 65.1. The Bertz CT molecular complexity index is 1930. The van der Waals surface area contributed by atoms with Crippen molar-refractivity contribution in [1.29, 1.82) is 0 Å². The number of hydrogen-bond donors (Lipinski definition) is 2. The van der Waals surface area contributed by atoms with Crippen molar-refractivity contribution >= 4 is 44.5 Å². The first-order chi connectivity index (χ1) is 22.3. The van der Waals surface area contributed by atoms with Crippen LogP contribution in [-0.2, 0) is 32.2 Å². The predicted molar refractivity (Wildman–Crippen MR) is 176 cm³/mol. The van der Waals surface area contributed by atoms with Gasteiger partial charge in [0.25, 0.3) is 15.9 Å². The van der Waals surface area contributed by atoms with Crippen LogP contribution < -0.4 is 10.0 Å². The average molecular weight is 679 g/mol. The number of hydrogen-bond acceptors (Lipinski definition) is 7. The first-order valence-corrected chi connectivity index (χ1v) is 16.5. The summed E-state index contributed by atoms with van der Waals surface area (Å²) in [4.78, 5) is 31.8. The van der Waals surface area contributed by atoms with E-state index in [2.05, 4.69) is 22.4 Å². The lowest BCUT2D eigenvalue weighted by Gasteiger charge is -2.22. The highest BCUT2D eigenvalue weighted by molar-refractivity contribution is 8.18. The van der Waals surface area contributed by atoms with E-state index in [-0.39, 0.29) is 18.4 Å². The van der Waals surface area contributed by atoms with Crippen LogP contribution in [-0.4, -0.2) is 44.4 Å². The second kappa shape index (κ2) is 14.0. The average Bonchev–Trinajstić information content (AvgIpc) is 3.38. The lowest BCUT2D eigenvalue weighted by atomic mass is 10.00. The van der Waals surface area contributed by atoms with Crippen LogP contribution in [0.25, 0.3) is 11.1 Å². The molecule has 0 radical (unpaired) electrons. The summed E-state index contributed by atoms with van der Waals surface area (Å²) in [6, 6.07) is 27.3. The topological polar surface area (TPSA) is 108 Å². The number of carbonyl (C=O) groups excluding carboxylic acids is 2. The van der Waals surface area contributed by atoms with Gasteiger partial charge in [0.1, 0.15) is 0 Å². The van der Waals surface area contributed by atoms with Crippen LogP contribution in [0, 0.1) is 0 Å². The number of aliphatic imine (C=N–C) groups is 1. The normalized spacial score (nSPS) is 16.0. The Labute approximate surface area is 274 Å². The van der Waals surface area contributed by atoms with Gasteiger partial charge in [-0.3, -0.25) is 14.5 Å². The predicted octanol–water partition coefficient (Wildman–Crippen LogP) is 6.46. The third-order valence-corrected chi connectivity index (χ3v) is 9.46. The fraction of sp³-hybridized carbons (Fsp3) is 0.147. The molecule has 4 aromatic carbocycles. The van der Waals surface area contributed by atoms with Crippen LogP contribution in [0.1, 0.15) is 22.7 Å². The number of nitrogens with zero attached hydrogens (tertiary/aromatic N) is 2. The Morgan fingerprint density at radius 1 is 0.915 bits per heavy atom. The van der Waals surface area contributed by atoms with Gasteiger partial charge in [-0.2, -0.15) is 13.2 Å². The molecule has 47 heavy (non-hydrogen) atoms. The van der Waals surface area contributed by atoms with Gasteiger partial charge in [-0.05, 0) is 90.6 Å². The van der Waals surface area contributed by atoms with Crippen molar-refractivity contribution in [2.45, 2.75) is 23.5 Å². The molecule has 4 aromatic rings. The van der Waals surface area contributed by atoms with Crippen molar-refractivity contribution in [3.05, 3.63) is 131 Å². The Balaban J connectivity index is 1.21. The second-order valence-electron chi connectivity index (χ2n) is 10.8. The number of sulfonamides is 1. The van der Waals surface area contributed by atoms with Crippen LogP contribution in [0.4, 0.5) is 18.9 Å². The highest BCUT2D eigenvalue weighted by Crippen LogP contribution is 2.32. The largest absolute Gasteiger partial charge is 0.416 e. The number of halogens is 3. The molecule has 0 bridgehead atoms. The van der Waals surface area contributed by atoms with Crippen molar-refractivity contribution in [1.82, 2.24) is 14.9 Å². The van der Waals surface area contributed by atoms with E-state index >= 15 is 0 Å². The van der Waals surface area contributed by atoms with Crippen LogP contribution in [0.15, 0.2) is 124 Å². The molecule has 0 saturated carbocycles. The number of likely N-dealkylation sites (N-methyl/N-ethyl adjacent to an activating group) is 1. The van der Waals surface area contributed by atoms with Gasteiger partial charge < -0.3 is 5.32 Å². The van der Waals surface area contributed by atoms with E-state index in [1.165, 1.54) is 11.8 Å². The van der Waals surface area contributed by atoms with Crippen LogP contribution in [0.5, 0.6) is 0 Å². The van der Waals surface area contributed by atoms with Gasteiger partial charge in [-0.1, -0.05) is 66.7 Å². The molecule has 1 atom stereocenters. The number of rotatable bonds is 9. The van der Waals surface area contributed by atoms with Gasteiger partial charge in [0.05, 0.1) is 33.5 Å². The molecular weight excluding hydrogens is 650 g/mol. The molecule has 1 saturated heterocycles. The molecule has 1 unspecified atom stereocenters. The lowest BCUT2D eigenvalue weighted by molar-refractivity contribution is -0.137. The number of thioether (sulfide) groups is 1. The summed E-state index contributed by atoms with van der Waals surface area (Å²) in [5, 5.41) is 3.15. The lowest BCUT2D eigenvalue weighted by Crippen LogP contribution is -2.31. The third-order valence-electron chi connectivity index (χ3n) is 7.15. The number of alkyl halides is 3. The molecule has 5 rings (SSSR count). The minimum atomic E-state index is -4.62. The standard InChI is InChI=1S/C34H29F3N4O4S2/c1-41(2)29(25-12-10-24(11-13-25)23-6-4-3-5-7-23)21-30-32(43)39-33(46-30)38-27-16-8-22(9-17-27)20-31(42)40-47(44,45)28-18-14-26(15-19-28)34(35,36)37/h3-19,21,29H,20H2,1-2H3,(H,40,42)(H,38,39,43). The SMILES string of the molecule is CN(C)C(C=C1SC(=Nc2ccc(CC(=O)NS(=O)(=O)c3ccc(C(F)(F)F)cc3)cc2)NC1=O)c1ccc(-c2ccccc2)cc1. The molecule has 2 N–H and O–H groups in total. The molecule has 1 aliphatic rings. The minimum absolute atomic E-state index is 0.166. The zero-order valence-corrected chi connectivity index (χ0v) is 26.8. The molecule has 0 aromatic heterocycles. The molecule has 2 amide bonds. The Kier molecular flexibility index (Phi) is 9.99. The summed E-state index contributed by atoms with van der Waals surface area (Å²) in [6.07, 6.45) is -3.02. The third kappa shape index (κ3) is 8.56. The zero-order chi connectivity index (χ0) is 33.8. The van der Waals surface area contributed by atoms with E-state index in [0.717, 1.165) is 28.8 Å². The van der Waals surface area contributed by atoms with Crippen molar-refractivity contribution in [2.75, 3.05) is 14.1 Å². The first kappa shape index (κ1) is 33.6. The van der Waals surface area contributed by atoms with Crippen molar-refractivity contribution in [3.8, 4) is 11.1 Å². The van der Waals surface area contributed by atoms with E-state index < -0.39 is 32.6 Å². The number of carbonyl (C=O) groups is 2. The van der Waals surface area contributed by atoms with Gasteiger partial charge in [-0.25, -0.2) is 18.1 Å². The number of amidine groups is 1. The fourth-order valence-corrected chi connectivity index (χ4v) is 6.57. The number of amides is 2. The molecule has 13 heteroatoms. The van der Waals surface area contributed by atoms with Crippen molar-refractivity contribution < 1.29 is 31.2 Å². The van der Waals surface area contributed by atoms with E-state index in [1.807, 2.05) is 72.3 Å².